The van der Waals surface area contributed by atoms with Crippen LogP contribution in [0.25, 0.3) is 0 Å². The highest BCUT2D eigenvalue weighted by molar-refractivity contribution is 5.77. The normalized spacial score (nSPS) is 24.2. The minimum absolute atomic E-state index is 0.00229. The van der Waals surface area contributed by atoms with Gasteiger partial charge in [-0.25, -0.2) is 0 Å². The van der Waals surface area contributed by atoms with Crippen molar-refractivity contribution in [3.8, 4) is 0 Å². The molecular weight excluding hydrogens is 262 g/mol. The number of carbonyl (C=O) groups is 1. The molecule has 21 heavy (non-hydrogen) atoms. The van der Waals surface area contributed by atoms with E-state index in [9.17, 15) is 4.79 Å². The predicted octanol–water partition coefficient (Wildman–Crippen LogP) is 3.04. The molecule has 2 fully saturated rings. The number of piperidine rings is 1. The summed E-state index contributed by atoms with van der Waals surface area (Å²) in [7, 11) is 0. The number of hydrogen-bond donors (Lipinski definition) is 0. The quantitative estimate of drug-likeness (QED) is 0.780. The van der Waals surface area contributed by atoms with Crippen LogP contribution in [0.4, 0.5) is 0 Å². The summed E-state index contributed by atoms with van der Waals surface area (Å²) in [6.07, 6.45) is 7.14. The molecule has 0 aliphatic carbocycles. The van der Waals surface area contributed by atoms with Gasteiger partial charge >= 0.3 is 5.97 Å². The van der Waals surface area contributed by atoms with Gasteiger partial charge in [-0.15, -0.1) is 0 Å². The Morgan fingerprint density at radius 2 is 1.86 bits per heavy atom. The molecule has 1 atom stereocenters. The van der Waals surface area contributed by atoms with E-state index in [0.29, 0.717) is 6.61 Å². The first-order valence-corrected chi connectivity index (χ1v) is 8.27. The Hall–Kier alpha value is -1.35. The standard InChI is InChI=1S/C18H25NO2/c20-18-17(11-14-21-18)19-12-9-16(10-13-19)8-4-7-15-5-2-1-3-6-15/h1-3,5-6,16-17H,4,7-14H2. The summed E-state index contributed by atoms with van der Waals surface area (Å²) in [5, 5.41) is 0. The highest BCUT2D eigenvalue weighted by atomic mass is 16.5. The van der Waals surface area contributed by atoms with Crippen LogP contribution in [0.3, 0.4) is 0 Å². The first-order chi connectivity index (χ1) is 10.3. The van der Waals surface area contributed by atoms with Gasteiger partial charge < -0.3 is 4.74 Å². The number of rotatable bonds is 5. The minimum Gasteiger partial charge on any atom is -0.464 e. The van der Waals surface area contributed by atoms with Crippen LogP contribution in [0.2, 0.25) is 0 Å². The van der Waals surface area contributed by atoms with Gasteiger partial charge in [0.1, 0.15) is 6.04 Å². The summed E-state index contributed by atoms with van der Waals surface area (Å²) >= 11 is 0. The second kappa shape index (κ2) is 7.08. The van der Waals surface area contributed by atoms with E-state index in [2.05, 4.69) is 35.2 Å². The van der Waals surface area contributed by atoms with Crippen molar-refractivity contribution in [1.29, 1.82) is 0 Å². The van der Waals surface area contributed by atoms with Gasteiger partial charge in [-0.2, -0.15) is 0 Å². The maximum atomic E-state index is 11.6. The Morgan fingerprint density at radius 1 is 1.10 bits per heavy atom. The van der Waals surface area contributed by atoms with Gasteiger partial charge in [0.05, 0.1) is 6.61 Å². The summed E-state index contributed by atoms with van der Waals surface area (Å²) in [6.45, 7) is 2.74. The zero-order valence-electron chi connectivity index (χ0n) is 12.7. The molecule has 0 N–H and O–H groups in total. The zero-order valence-corrected chi connectivity index (χ0v) is 12.7. The van der Waals surface area contributed by atoms with Crippen LogP contribution >= 0.6 is 0 Å². The van der Waals surface area contributed by atoms with Crippen molar-refractivity contribution in [3.05, 3.63) is 35.9 Å². The summed E-state index contributed by atoms with van der Waals surface area (Å²) in [5.41, 5.74) is 1.45. The number of ether oxygens (including phenoxy) is 1. The maximum absolute atomic E-state index is 11.6. The molecule has 1 aromatic rings. The smallest absolute Gasteiger partial charge is 0.323 e. The summed E-state index contributed by atoms with van der Waals surface area (Å²) in [5.74, 6) is 0.833. The predicted molar refractivity (Wildman–Crippen MR) is 83.0 cm³/mol. The molecular formula is C18H25NO2. The Balaban J connectivity index is 1.37. The molecule has 114 valence electrons. The summed E-state index contributed by atoms with van der Waals surface area (Å²) in [6, 6.07) is 10.8. The first-order valence-electron chi connectivity index (χ1n) is 8.27. The minimum atomic E-state index is -0.00229. The van der Waals surface area contributed by atoms with Gasteiger partial charge in [0.2, 0.25) is 0 Å². The number of hydrogen-bond acceptors (Lipinski definition) is 3. The van der Waals surface area contributed by atoms with Crippen LogP contribution in [-0.4, -0.2) is 36.6 Å². The molecule has 2 aliphatic rings. The number of cyclic esters (lactones) is 1. The topological polar surface area (TPSA) is 29.5 Å². The SMILES string of the molecule is O=C1OCCC1N1CCC(CCCc2ccccc2)CC1. The molecule has 0 amide bonds. The van der Waals surface area contributed by atoms with Crippen LogP contribution in [0, 0.1) is 5.92 Å². The van der Waals surface area contributed by atoms with Gasteiger partial charge in [-0.05, 0) is 50.3 Å². The third kappa shape index (κ3) is 3.85. The largest absolute Gasteiger partial charge is 0.464 e. The number of benzene rings is 1. The van der Waals surface area contributed by atoms with E-state index in [-0.39, 0.29) is 12.0 Å². The van der Waals surface area contributed by atoms with Crippen molar-refractivity contribution in [2.45, 2.75) is 44.6 Å². The fraction of sp³-hybridized carbons (Fsp3) is 0.611. The van der Waals surface area contributed by atoms with Gasteiger partial charge in [0, 0.05) is 6.42 Å². The second-order valence-electron chi connectivity index (χ2n) is 6.33. The molecule has 0 aromatic heterocycles. The molecule has 2 heterocycles. The molecule has 2 aliphatic heterocycles. The Bertz CT molecular complexity index is 452. The van der Waals surface area contributed by atoms with Crippen LogP contribution < -0.4 is 0 Å². The number of carbonyl (C=O) groups excluding carboxylic acids is 1. The fourth-order valence-corrected chi connectivity index (χ4v) is 3.61. The lowest BCUT2D eigenvalue weighted by atomic mass is 9.90. The Labute approximate surface area is 127 Å². The van der Waals surface area contributed by atoms with Gasteiger partial charge in [0.15, 0.2) is 0 Å². The van der Waals surface area contributed by atoms with E-state index in [4.69, 9.17) is 4.74 Å². The van der Waals surface area contributed by atoms with Gasteiger partial charge in [-0.1, -0.05) is 36.8 Å². The van der Waals surface area contributed by atoms with Gasteiger partial charge in [0.25, 0.3) is 0 Å². The average molecular weight is 287 g/mol. The van der Waals surface area contributed by atoms with Crippen LogP contribution in [0.5, 0.6) is 0 Å². The van der Waals surface area contributed by atoms with E-state index in [1.54, 1.807) is 0 Å². The molecule has 0 spiro atoms. The number of likely N-dealkylation sites (tertiary alicyclic amines) is 1. The van der Waals surface area contributed by atoms with Crippen molar-refractivity contribution in [3.63, 3.8) is 0 Å². The van der Waals surface area contributed by atoms with Crippen molar-refractivity contribution in [2.75, 3.05) is 19.7 Å². The van der Waals surface area contributed by atoms with E-state index < -0.39 is 0 Å². The van der Waals surface area contributed by atoms with E-state index >= 15 is 0 Å². The molecule has 0 radical (unpaired) electrons. The molecule has 1 aromatic carbocycles. The van der Waals surface area contributed by atoms with Crippen molar-refractivity contribution in [2.24, 2.45) is 5.92 Å². The van der Waals surface area contributed by atoms with E-state index in [1.165, 1.54) is 37.7 Å². The molecule has 0 saturated carbocycles. The number of nitrogens with zero attached hydrogens (tertiary/aromatic N) is 1. The molecule has 0 bridgehead atoms. The molecule has 3 nitrogen and oxygen atoms in total. The molecule has 3 heteroatoms. The highest BCUT2D eigenvalue weighted by Gasteiger charge is 2.34. The van der Waals surface area contributed by atoms with Crippen LogP contribution in [-0.2, 0) is 16.0 Å². The number of esters is 1. The lowest BCUT2D eigenvalue weighted by Crippen LogP contribution is -2.43. The van der Waals surface area contributed by atoms with Gasteiger partial charge in [-0.3, -0.25) is 9.69 Å². The maximum Gasteiger partial charge on any atom is 0.323 e. The van der Waals surface area contributed by atoms with Crippen LogP contribution in [0.15, 0.2) is 30.3 Å². The second-order valence-corrected chi connectivity index (χ2v) is 6.33. The average Bonchev–Trinajstić information content (AvgIpc) is 2.95. The first kappa shape index (κ1) is 14.6. The fourth-order valence-electron chi connectivity index (χ4n) is 3.61. The lowest BCUT2D eigenvalue weighted by Gasteiger charge is -2.34. The number of aryl methyl sites for hydroxylation is 1. The Kier molecular flexibility index (Phi) is 4.91. The monoisotopic (exact) mass is 287 g/mol. The molecule has 2 saturated heterocycles. The third-order valence-corrected chi connectivity index (χ3v) is 4.92. The van der Waals surface area contributed by atoms with E-state index in [0.717, 1.165) is 25.4 Å². The summed E-state index contributed by atoms with van der Waals surface area (Å²) < 4.78 is 5.08. The zero-order chi connectivity index (χ0) is 14.5. The summed E-state index contributed by atoms with van der Waals surface area (Å²) in [4.78, 5) is 14.0. The highest BCUT2D eigenvalue weighted by Crippen LogP contribution is 2.26. The van der Waals surface area contributed by atoms with Crippen molar-refractivity contribution >= 4 is 5.97 Å². The molecule has 1 unspecified atom stereocenters. The van der Waals surface area contributed by atoms with Crippen molar-refractivity contribution < 1.29 is 9.53 Å². The van der Waals surface area contributed by atoms with Crippen LogP contribution in [0.1, 0.15) is 37.7 Å². The lowest BCUT2D eigenvalue weighted by molar-refractivity contribution is -0.142. The molecule has 3 rings (SSSR count). The van der Waals surface area contributed by atoms with Crippen molar-refractivity contribution in [1.82, 2.24) is 4.90 Å². The van der Waals surface area contributed by atoms with E-state index in [1.807, 2.05) is 0 Å². The third-order valence-electron chi connectivity index (χ3n) is 4.92. The Morgan fingerprint density at radius 3 is 2.52 bits per heavy atom.